The fourth-order valence-corrected chi connectivity index (χ4v) is 3.40. The van der Waals surface area contributed by atoms with Gasteiger partial charge in [-0.15, -0.1) is 0 Å². The highest BCUT2D eigenvalue weighted by molar-refractivity contribution is 6.13. The zero-order valence-corrected chi connectivity index (χ0v) is 21.2. The van der Waals surface area contributed by atoms with E-state index in [1.807, 2.05) is 12.1 Å². The normalized spacial score (nSPS) is 11.3. The van der Waals surface area contributed by atoms with Crippen LogP contribution in [0.4, 0.5) is 0 Å². The first-order valence-corrected chi connectivity index (χ1v) is 11.9. The number of hydrogen-bond acceptors (Lipinski definition) is 6. The van der Waals surface area contributed by atoms with E-state index in [2.05, 4.69) is 17.2 Å². The number of quaternary nitrogens is 3. The molecule has 2 aromatic carbocycles. The van der Waals surface area contributed by atoms with Gasteiger partial charge in [0.25, 0.3) is 0 Å². The predicted octanol–water partition coefficient (Wildman–Crippen LogP) is 0.0582. The number of ether oxygens (including phenoxy) is 4. The molecule has 0 heterocycles. The Morgan fingerprint density at radius 3 is 1.53 bits per heavy atom. The van der Waals surface area contributed by atoms with Crippen molar-refractivity contribution < 1.29 is 45.7 Å². The van der Waals surface area contributed by atoms with Crippen molar-refractivity contribution in [2.45, 2.75) is 6.42 Å². The topological polar surface area (TPSA) is 154 Å². The lowest BCUT2D eigenvalue weighted by Crippen LogP contribution is -2.52. The van der Waals surface area contributed by atoms with Crippen LogP contribution in [0.5, 0.6) is 23.0 Å². The minimum Gasteiger partial charge on any atom is -0.493 e. The lowest BCUT2D eigenvalue weighted by molar-refractivity contribution is -0.371. The van der Waals surface area contributed by atoms with Crippen molar-refractivity contribution >= 4 is 23.7 Å². The molecule has 194 valence electrons. The maximum Gasteiger partial charge on any atom is 0.166 e. The summed E-state index contributed by atoms with van der Waals surface area (Å²) in [4.78, 5) is 25.8. The molecule has 36 heavy (non-hydrogen) atoms. The first kappa shape index (κ1) is 28.6. The standard InChI is InChI=1S/C27H35N3O6/c1-33-26-17-19(5-9-24(26)35-15-13-29)3-7-22(31)21(11-12-28)23(32)8-4-20-6-10-25(36-16-14-30)27(18-20)34-2/h3-10,17-18,21H,11-16,28-30H2,1-2H3/p+3/b7-3+,8-4+. The first-order valence-electron chi connectivity index (χ1n) is 11.9. The minimum atomic E-state index is -0.807. The highest BCUT2D eigenvalue weighted by Crippen LogP contribution is 2.29. The summed E-state index contributed by atoms with van der Waals surface area (Å²) in [6, 6.07) is 10.8. The van der Waals surface area contributed by atoms with Crippen LogP contribution in [0, 0.1) is 5.92 Å². The number of carbonyl (C=O) groups excluding carboxylic acids is 2. The van der Waals surface area contributed by atoms with Gasteiger partial charge >= 0.3 is 0 Å². The van der Waals surface area contributed by atoms with Crippen molar-refractivity contribution in [3.8, 4) is 23.0 Å². The zero-order chi connectivity index (χ0) is 26.3. The van der Waals surface area contributed by atoms with E-state index < -0.39 is 5.92 Å². The van der Waals surface area contributed by atoms with Crippen molar-refractivity contribution in [1.29, 1.82) is 0 Å². The van der Waals surface area contributed by atoms with E-state index in [1.54, 1.807) is 50.6 Å². The Morgan fingerprint density at radius 2 is 1.17 bits per heavy atom. The summed E-state index contributed by atoms with van der Waals surface area (Å²) in [5.74, 6) is 0.975. The van der Waals surface area contributed by atoms with E-state index in [-0.39, 0.29) is 11.6 Å². The molecule has 0 aliphatic heterocycles. The smallest absolute Gasteiger partial charge is 0.166 e. The van der Waals surface area contributed by atoms with E-state index in [0.717, 1.165) is 11.1 Å². The quantitative estimate of drug-likeness (QED) is 0.219. The summed E-state index contributed by atoms with van der Waals surface area (Å²) in [5, 5.41) is 0. The van der Waals surface area contributed by atoms with Gasteiger partial charge in [0.05, 0.1) is 26.7 Å². The van der Waals surface area contributed by atoms with Crippen LogP contribution in [0.3, 0.4) is 0 Å². The second-order valence-corrected chi connectivity index (χ2v) is 7.89. The molecule has 0 aliphatic carbocycles. The average molecular weight is 501 g/mol. The Kier molecular flexibility index (Phi) is 12.2. The summed E-state index contributed by atoms with van der Waals surface area (Å²) in [5.41, 5.74) is 12.8. The van der Waals surface area contributed by atoms with Gasteiger partial charge in [-0.1, -0.05) is 24.3 Å². The molecular weight excluding hydrogens is 462 g/mol. The van der Waals surface area contributed by atoms with Gasteiger partial charge in [0.2, 0.25) is 0 Å². The van der Waals surface area contributed by atoms with Crippen molar-refractivity contribution in [2.24, 2.45) is 5.92 Å². The van der Waals surface area contributed by atoms with Crippen LogP contribution in [-0.2, 0) is 9.59 Å². The SMILES string of the molecule is COc1cc(/C=C/C(=O)C(CC[NH3+])C(=O)/C=C/c2ccc(OCC[NH3+])c(OC)c2)ccc1OCC[NH3+]. The molecule has 9 N–H and O–H groups in total. The Hall–Kier alpha value is -3.66. The molecule has 0 fully saturated rings. The average Bonchev–Trinajstić information content (AvgIpc) is 2.91. The number of allylic oxidation sites excluding steroid dienone is 2. The molecule has 0 saturated heterocycles. The second kappa shape index (κ2) is 15.4. The third-order valence-electron chi connectivity index (χ3n) is 5.24. The summed E-state index contributed by atoms with van der Waals surface area (Å²) >= 11 is 0. The molecule has 9 nitrogen and oxygen atoms in total. The molecule has 0 atom stereocenters. The summed E-state index contributed by atoms with van der Waals surface area (Å²) < 4.78 is 22.0. The van der Waals surface area contributed by atoms with Crippen molar-refractivity contribution in [3.63, 3.8) is 0 Å². The minimum absolute atomic E-state index is 0.279. The Balaban J connectivity index is 2.13. The molecule has 2 rings (SSSR count). The molecule has 0 aliphatic rings. The maximum atomic E-state index is 12.9. The number of benzene rings is 2. The highest BCUT2D eigenvalue weighted by atomic mass is 16.5. The molecule has 0 saturated carbocycles. The van der Waals surface area contributed by atoms with Crippen LogP contribution in [0.15, 0.2) is 48.6 Å². The van der Waals surface area contributed by atoms with E-state index in [4.69, 9.17) is 18.9 Å². The summed E-state index contributed by atoms with van der Waals surface area (Å²) in [6.45, 7) is 2.70. The van der Waals surface area contributed by atoms with Gasteiger partial charge in [0.15, 0.2) is 34.6 Å². The fourth-order valence-electron chi connectivity index (χ4n) is 3.40. The van der Waals surface area contributed by atoms with Crippen molar-refractivity contribution in [2.75, 3.05) is 47.1 Å². The summed E-state index contributed by atoms with van der Waals surface area (Å²) in [7, 11) is 3.11. The number of methoxy groups -OCH3 is 2. The maximum absolute atomic E-state index is 12.9. The molecule has 0 bridgehead atoms. The Morgan fingerprint density at radius 1 is 0.722 bits per heavy atom. The van der Waals surface area contributed by atoms with E-state index in [1.165, 1.54) is 12.2 Å². The number of rotatable bonds is 16. The van der Waals surface area contributed by atoms with E-state index >= 15 is 0 Å². The molecule has 9 heteroatoms. The number of ketones is 2. The Labute approximate surface area is 211 Å². The Bertz CT molecular complexity index is 986. The zero-order valence-electron chi connectivity index (χ0n) is 21.2. The third-order valence-corrected chi connectivity index (χ3v) is 5.24. The summed E-state index contributed by atoms with van der Waals surface area (Å²) in [6.07, 6.45) is 6.54. The van der Waals surface area contributed by atoms with Gasteiger partial charge in [0.1, 0.15) is 26.3 Å². The van der Waals surface area contributed by atoms with Gasteiger partial charge in [-0.3, -0.25) is 9.59 Å². The lowest BCUT2D eigenvalue weighted by atomic mass is 9.93. The molecule has 2 aromatic rings. The van der Waals surface area contributed by atoms with Crippen molar-refractivity contribution in [3.05, 3.63) is 59.7 Å². The molecule has 0 aromatic heterocycles. The number of carbonyl (C=O) groups is 2. The second-order valence-electron chi connectivity index (χ2n) is 7.89. The molecule has 0 radical (unpaired) electrons. The van der Waals surface area contributed by atoms with Crippen LogP contribution in [0.1, 0.15) is 17.5 Å². The van der Waals surface area contributed by atoms with Crippen LogP contribution < -0.4 is 36.1 Å². The van der Waals surface area contributed by atoms with Gasteiger partial charge in [-0.25, -0.2) is 0 Å². The van der Waals surface area contributed by atoms with Gasteiger partial charge in [-0.05, 0) is 47.5 Å². The van der Waals surface area contributed by atoms with Crippen LogP contribution in [0.2, 0.25) is 0 Å². The van der Waals surface area contributed by atoms with Gasteiger partial charge in [0, 0.05) is 6.42 Å². The lowest BCUT2D eigenvalue weighted by Gasteiger charge is -2.11. The van der Waals surface area contributed by atoms with Crippen LogP contribution >= 0.6 is 0 Å². The first-order chi connectivity index (χ1) is 17.5. The molecule has 0 spiro atoms. The van der Waals surface area contributed by atoms with Gasteiger partial charge in [-0.2, -0.15) is 0 Å². The largest absolute Gasteiger partial charge is 0.493 e. The third kappa shape index (κ3) is 8.53. The van der Waals surface area contributed by atoms with E-state index in [0.29, 0.717) is 62.3 Å². The van der Waals surface area contributed by atoms with Crippen LogP contribution in [0.25, 0.3) is 12.2 Å². The van der Waals surface area contributed by atoms with E-state index in [9.17, 15) is 9.59 Å². The predicted molar refractivity (Wildman–Crippen MR) is 136 cm³/mol. The molecule has 0 amide bonds. The monoisotopic (exact) mass is 500 g/mol. The molecule has 0 unspecified atom stereocenters. The highest BCUT2D eigenvalue weighted by Gasteiger charge is 2.22. The van der Waals surface area contributed by atoms with Crippen molar-refractivity contribution in [1.82, 2.24) is 0 Å². The van der Waals surface area contributed by atoms with Crippen LogP contribution in [-0.4, -0.2) is 58.6 Å². The fraction of sp³-hybridized carbons (Fsp3) is 0.333. The number of hydrogen-bond donors (Lipinski definition) is 3. The van der Waals surface area contributed by atoms with Gasteiger partial charge < -0.3 is 36.1 Å². The molecular formula is C27H38N3O6+3.